The lowest BCUT2D eigenvalue weighted by atomic mass is 10.1. The number of nitrogens with one attached hydrogen (secondary N) is 2. The third kappa shape index (κ3) is 5.86. The van der Waals surface area contributed by atoms with Crippen LogP contribution in [0.15, 0.2) is 0 Å². The van der Waals surface area contributed by atoms with Gasteiger partial charge in [0.15, 0.2) is 0 Å². The van der Waals surface area contributed by atoms with E-state index in [9.17, 15) is 14.4 Å². The number of rotatable bonds is 6. The molecule has 0 aliphatic carbocycles. The molecule has 1 atom stereocenters. The summed E-state index contributed by atoms with van der Waals surface area (Å²) in [5.41, 5.74) is 5.08. The molecular weight excluding hydrogens is 224 g/mol. The minimum atomic E-state index is -0.383. The van der Waals surface area contributed by atoms with E-state index in [1.54, 1.807) is 21.0 Å². The van der Waals surface area contributed by atoms with Gasteiger partial charge in [0.2, 0.25) is 17.7 Å². The number of nitrogens with two attached hydrogens (primary N) is 1. The minimum absolute atomic E-state index is 0.104. The first-order valence-corrected chi connectivity index (χ1v) is 5.34. The van der Waals surface area contributed by atoms with Crippen LogP contribution >= 0.6 is 0 Å². The van der Waals surface area contributed by atoms with Gasteiger partial charge in [-0.2, -0.15) is 0 Å². The largest absolute Gasteiger partial charge is 0.359 e. The summed E-state index contributed by atoms with van der Waals surface area (Å²) < 4.78 is 0. The van der Waals surface area contributed by atoms with Crippen LogP contribution in [0.5, 0.6) is 0 Å². The molecule has 0 spiro atoms. The maximum Gasteiger partial charge on any atom is 0.241 e. The van der Waals surface area contributed by atoms with Crippen molar-refractivity contribution in [3.8, 4) is 0 Å². The van der Waals surface area contributed by atoms with E-state index >= 15 is 0 Å². The molecule has 0 aromatic heterocycles. The quantitative estimate of drug-likeness (QED) is 0.498. The Morgan fingerprint density at radius 3 is 2.41 bits per heavy atom. The van der Waals surface area contributed by atoms with Crippen LogP contribution in [0.4, 0.5) is 0 Å². The van der Waals surface area contributed by atoms with Crippen molar-refractivity contribution in [1.29, 1.82) is 0 Å². The standard InChI is InChI=1S/C10H20N4O3/c1-7(10(17)12-2)6-14(3)9(16)5-13-8(15)4-11/h7H,4-6,11H2,1-3H3,(H,12,17)(H,13,15). The highest BCUT2D eigenvalue weighted by atomic mass is 16.2. The number of likely N-dealkylation sites (N-methyl/N-ethyl adjacent to an activating group) is 1. The second-order valence-corrected chi connectivity index (χ2v) is 3.77. The van der Waals surface area contributed by atoms with Gasteiger partial charge in [0.25, 0.3) is 0 Å². The Kier molecular flexibility index (Phi) is 6.88. The van der Waals surface area contributed by atoms with Gasteiger partial charge in [-0.05, 0) is 0 Å². The number of amides is 3. The van der Waals surface area contributed by atoms with Gasteiger partial charge in [0.05, 0.1) is 19.0 Å². The third-order valence-corrected chi connectivity index (χ3v) is 2.29. The van der Waals surface area contributed by atoms with Gasteiger partial charge in [-0.25, -0.2) is 0 Å². The summed E-state index contributed by atoms with van der Waals surface area (Å²) in [6, 6.07) is 0. The van der Waals surface area contributed by atoms with E-state index in [0.717, 1.165) is 0 Å². The molecule has 0 fully saturated rings. The fourth-order valence-electron chi connectivity index (χ4n) is 1.22. The molecule has 0 aliphatic heterocycles. The number of nitrogens with zero attached hydrogens (tertiary/aromatic N) is 1. The maximum absolute atomic E-state index is 11.5. The van der Waals surface area contributed by atoms with Crippen molar-refractivity contribution in [2.75, 3.05) is 33.7 Å². The summed E-state index contributed by atoms with van der Waals surface area (Å²) in [6.45, 7) is 1.77. The smallest absolute Gasteiger partial charge is 0.241 e. The summed E-state index contributed by atoms with van der Waals surface area (Å²) in [4.78, 5) is 35.0. The molecular formula is C10H20N4O3. The van der Waals surface area contributed by atoms with Crippen molar-refractivity contribution < 1.29 is 14.4 Å². The third-order valence-electron chi connectivity index (χ3n) is 2.29. The molecule has 0 aliphatic rings. The average Bonchev–Trinajstić information content (AvgIpc) is 2.33. The number of hydrogen-bond acceptors (Lipinski definition) is 4. The molecule has 3 amide bonds. The van der Waals surface area contributed by atoms with Crippen molar-refractivity contribution in [1.82, 2.24) is 15.5 Å². The summed E-state index contributed by atoms with van der Waals surface area (Å²) in [6.07, 6.45) is 0. The van der Waals surface area contributed by atoms with E-state index in [1.807, 2.05) is 0 Å². The fraction of sp³-hybridized carbons (Fsp3) is 0.700. The molecule has 7 heteroatoms. The normalized spacial score (nSPS) is 11.5. The first-order valence-electron chi connectivity index (χ1n) is 5.34. The van der Waals surface area contributed by atoms with Crippen LogP contribution in [0.2, 0.25) is 0 Å². The maximum atomic E-state index is 11.5. The van der Waals surface area contributed by atoms with Crippen LogP contribution in [0.1, 0.15) is 6.92 Å². The lowest BCUT2D eigenvalue weighted by molar-refractivity contribution is -0.133. The molecule has 0 bridgehead atoms. The average molecular weight is 244 g/mol. The lowest BCUT2D eigenvalue weighted by Gasteiger charge is -2.20. The second-order valence-electron chi connectivity index (χ2n) is 3.77. The molecule has 0 rings (SSSR count). The van der Waals surface area contributed by atoms with Gasteiger partial charge >= 0.3 is 0 Å². The van der Waals surface area contributed by atoms with Crippen LogP contribution in [-0.4, -0.2) is 56.4 Å². The molecule has 0 saturated heterocycles. The van der Waals surface area contributed by atoms with E-state index in [-0.39, 0.29) is 36.7 Å². The SMILES string of the molecule is CNC(=O)C(C)CN(C)C(=O)CNC(=O)CN. The predicted octanol–water partition coefficient (Wildman–Crippen LogP) is -2.10. The van der Waals surface area contributed by atoms with Crippen LogP contribution in [0.3, 0.4) is 0 Å². The first-order chi connectivity index (χ1) is 7.92. The van der Waals surface area contributed by atoms with Crippen LogP contribution in [-0.2, 0) is 14.4 Å². The zero-order valence-electron chi connectivity index (χ0n) is 10.4. The van der Waals surface area contributed by atoms with Crippen LogP contribution < -0.4 is 16.4 Å². The summed E-state index contributed by atoms with van der Waals surface area (Å²) in [7, 11) is 3.12. The Morgan fingerprint density at radius 2 is 1.94 bits per heavy atom. The topological polar surface area (TPSA) is 105 Å². The molecule has 98 valence electrons. The van der Waals surface area contributed by atoms with Gasteiger partial charge in [0, 0.05) is 20.6 Å². The molecule has 0 aromatic carbocycles. The highest BCUT2D eigenvalue weighted by Crippen LogP contribution is 1.98. The van der Waals surface area contributed by atoms with Crippen molar-refractivity contribution >= 4 is 17.7 Å². The van der Waals surface area contributed by atoms with Gasteiger partial charge in [-0.3, -0.25) is 14.4 Å². The Bertz CT molecular complexity index is 293. The van der Waals surface area contributed by atoms with E-state index in [4.69, 9.17) is 5.73 Å². The Morgan fingerprint density at radius 1 is 1.35 bits per heavy atom. The molecule has 0 aromatic rings. The highest BCUT2D eigenvalue weighted by Gasteiger charge is 2.17. The molecule has 7 nitrogen and oxygen atoms in total. The van der Waals surface area contributed by atoms with Crippen LogP contribution in [0, 0.1) is 5.92 Å². The van der Waals surface area contributed by atoms with Crippen molar-refractivity contribution in [2.24, 2.45) is 11.7 Å². The zero-order valence-corrected chi connectivity index (χ0v) is 10.4. The molecule has 17 heavy (non-hydrogen) atoms. The van der Waals surface area contributed by atoms with E-state index in [2.05, 4.69) is 10.6 Å². The molecule has 1 unspecified atom stereocenters. The Balaban J connectivity index is 4.05. The Hall–Kier alpha value is -1.63. The van der Waals surface area contributed by atoms with Crippen LogP contribution in [0.25, 0.3) is 0 Å². The summed E-state index contributed by atoms with van der Waals surface area (Å²) in [5.74, 6) is -1.07. The lowest BCUT2D eigenvalue weighted by Crippen LogP contribution is -2.43. The predicted molar refractivity (Wildman–Crippen MR) is 62.9 cm³/mol. The summed E-state index contributed by atoms with van der Waals surface area (Å²) in [5, 5.41) is 4.88. The van der Waals surface area contributed by atoms with Gasteiger partial charge < -0.3 is 21.3 Å². The van der Waals surface area contributed by atoms with E-state index < -0.39 is 0 Å². The monoisotopic (exact) mass is 244 g/mol. The number of carbonyl (C=O) groups excluding carboxylic acids is 3. The van der Waals surface area contributed by atoms with Crippen molar-refractivity contribution in [3.05, 3.63) is 0 Å². The minimum Gasteiger partial charge on any atom is -0.359 e. The highest BCUT2D eigenvalue weighted by molar-refractivity contribution is 5.86. The molecule has 0 saturated carbocycles. The zero-order chi connectivity index (χ0) is 13.4. The molecule has 4 N–H and O–H groups in total. The molecule has 0 radical (unpaired) electrons. The first kappa shape index (κ1) is 15.4. The van der Waals surface area contributed by atoms with Crippen molar-refractivity contribution in [3.63, 3.8) is 0 Å². The number of hydrogen-bond donors (Lipinski definition) is 3. The van der Waals surface area contributed by atoms with Crippen molar-refractivity contribution in [2.45, 2.75) is 6.92 Å². The van der Waals surface area contributed by atoms with Gasteiger partial charge in [0.1, 0.15) is 0 Å². The fourth-order valence-corrected chi connectivity index (χ4v) is 1.22. The number of carbonyl (C=O) groups is 3. The van der Waals surface area contributed by atoms with Gasteiger partial charge in [-0.1, -0.05) is 6.92 Å². The van der Waals surface area contributed by atoms with E-state index in [1.165, 1.54) is 4.90 Å². The summed E-state index contributed by atoms with van der Waals surface area (Å²) >= 11 is 0. The second kappa shape index (κ2) is 7.61. The van der Waals surface area contributed by atoms with E-state index in [0.29, 0.717) is 6.54 Å². The Labute approximate surface area is 101 Å². The van der Waals surface area contributed by atoms with Gasteiger partial charge in [-0.15, -0.1) is 0 Å². The molecule has 0 heterocycles.